The van der Waals surface area contributed by atoms with Crippen molar-refractivity contribution in [3.8, 4) is 34.5 Å². The van der Waals surface area contributed by atoms with Crippen molar-refractivity contribution in [2.45, 2.75) is 350 Å². The van der Waals surface area contributed by atoms with Crippen LogP contribution in [-0.4, -0.2) is 39.6 Å². The number of benzene rings is 12. The van der Waals surface area contributed by atoms with E-state index in [4.69, 9.17) is 28.4 Å². The summed E-state index contributed by atoms with van der Waals surface area (Å²) in [6, 6.07) is 39.8. The van der Waals surface area contributed by atoms with Crippen LogP contribution in [0.4, 0.5) is 0 Å². The van der Waals surface area contributed by atoms with E-state index in [9.17, 15) is 0 Å². The molecule has 6 heteroatoms. The molecule has 0 heterocycles. The third-order valence-electron chi connectivity index (χ3n) is 26.4. The van der Waals surface area contributed by atoms with Crippen molar-refractivity contribution >= 4 is 131 Å². The fraction of sp³-hybridized carbons (Fsp3) is 0.500. The molecule has 12 aromatic carbocycles. The molecule has 0 saturated heterocycles. The maximum Gasteiger partial charge on any atom is 0.169 e. The third kappa shape index (κ3) is 24.8. The Morgan fingerprint density at radius 2 is 0.262 bits per heavy atom. The Balaban J connectivity index is 1.06. The minimum atomic E-state index is 0.603. The molecule has 0 unspecified atom stereocenters. The molecule has 0 atom stereocenters. The summed E-state index contributed by atoms with van der Waals surface area (Å²) < 4.78 is 43.0. The molecule has 1 aliphatic carbocycles. The van der Waals surface area contributed by atoms with Crippen LogP contribution in [0.15, 0.2) is 144 Å². The van der Waals surface area contributed by atoms with Gasteiger partial charge in [-0.25, -0.2) is 0 Å². The van der Waals surface area contributed by atoms with Crippen molar-refractivity contribution in [1.82, 2.24) is 0 Å². The molecule has 12 aromatic rings. The van der Waals surface area contributed by atoms with Gasteiger partial charge in [-0.3, -0.25) is 0 Å². The predicted octanol–water partition coefficient (Wildman–Crippen LogP) is 30.8. The summed E-state index contributed by atoms with van der Waals surface area (Å²) >= 11 is 0. The predicted molar refractivity (Wildman–Crippen MR) is 538 cm³/mol. The number of rotatable bonds is 60. The first kappa shape index (κ1) is 93.6. The van der Waals surface area contributed by atoms with Crippen LogP contribution in [0.5, 0.6) is 34.5 Å². The summed E-state index contributed by atoms with van der Waals surface area (Å²) in [5.41, 5.74) is 42.2. The molecule has 6 bridgehead atoms. The van der Waals surface area contributed by atoms with Gasteiger partial charge in [0.25, 0.3) is 0 Å². The van der Waals surface area contributed by atoms with Gasteiger partial charge in [-0.2, -0.15) is 0 Å². The van der Waals surface area contributed by atoms with Crippen LogP contribution in [0.3, 0.4) is 0 Å². The van der Waals surface area contributed by atoms with Gasteiger partial charge in [-0.05, 0) is 178 Å². The first-order chi connectivity index (χ1) is 62.5. The molecule has 0 radical (unpaired) electrons. The number of ether oxygens (including phenoxy) is 6. The Labute approximate surface area is 753 Å². The van der Waals surface area contributed by atoms with Crippen LogP contribution in [-0.2, 0) is 0 Å². The van der Waals surface area contributed by atoms with Crippen LogP contribution >= 0.6 is 0 Å². The van der Waals surface area contributed by atoms with Gasteiger partial charge in [0.15, 0.2) is 34.5 Å². The molecular formula is C120H144O6. The lowest BCUT2D eigenvalue weighted by Gasteiger charge is -2.21. The van der Waals surface area contributed by atoms with Crippen molar-refractivity contribution in [2.24, 2.45) is 0 Å². The highest BCUT2D eigenvalue weighted by atomic mass is 16.5. The van der Waals surface area contributed by atoms with Crippen molar-refractivity contribution < 1.29 is 28.4 Å². The molecule has 660 valence electrons. The van der Waals surface area contributed by atoms with Gasteiger partial charge in [0.1, 0.15) is 0 Å². The van der Waals surface area contributed by atoms with E-state index in [1.165, 1.54) is 231 Å². The third-order valence-corrected chi connectivity index (χ3v) is 26.4. The summed E-state index contributed by atoms with van der Waals surface area (Å²) in [5.74, 6) is 4.85. The van der Waals surface area contributed by atoms with Gasteiger partial charge < -0.3 is 28.4 Å². The second-order valence-corrected chi connectivity index (χ2v) is 36.1. The van der Waals surface area contributed by atoms with E-state index < -0.39 is 0 Å². The van der Waals surface area contributed by atoms with Crippen LogP contribution in [0.25, 0.3) is 131 Å². The molecule has 0 amide bonds. The lowest BCUT2D eigenvalue weighted by molar-refractivity contribution is 0.263. The van der Waals surface area contributed by atoms with Gasteiger partial charge in [0.05, 0.1) is 39.6 Å². The van der Waals surface area contributed by atoms with Gasteiger partial charge in [-0.1, -0.05) is 382 Å². The lowest BCUT2D eigenvalue weighted by atomic mass is 9.91. The van der Waals surface area contributed by atoms with Crippen LogP contribution in [0, 0.1) is 0 Å². The summed E-state index contributed by atoms with van der Waals surface area (Å²) in [6.45, 7) is 17.4. The molecule has 6 nitrogen and oxygen atoms in total. The first-order valence-corrected chi connectivity index (χ1v) is 50.6. The Kier molecular flexibility index (Phi) is 38.4. The van der Waals surface area contributed by atoms with Crippen LogP contribution in [0.1, 0.15) is 350 Å². The number of unbranched alkanes of at least 4 members (excludes halogenated alkanes) is 42. The normalized spacial score (nSPS) is 11.9. The van der Waals surface area contributed by atoms with E-state index in [-0.39, 0.29) is 0 Å². The Hall–Kier alpha value is -10.1. The topological polar surface area (TPSA) is 55.4 Å². The summed E-state index contributed by atoms with van der Waals surface area (Å²) in [7, 11) is 0. The Bertz CT molecular complexity index is 5350. The highest BCUT2D eigenvalue weighted by Crippen LogP contribution is 2.50. The monoisotopic (exact) mass is 1680 g/mol. The van der Waals surface area contributed by atoms with E-state index >= 15 is 0 Å². The van der Waals surface area contributed by atoms with Crippen molar-refractivity contribution in [2.75, 3.05) is 39.6 Å². The van der Waals surface area contributed by atoms with Gasteiger partial charge >= 0.3 is 0 Å². The highest BCUT2D eigenvalue weighted by molar-refractivity contribution is 6.29. The zero-order valence-electron chi connectivity index (χ0n) is 78.0. The zero-order valence-corrected chi connectivity index (χ0v) is 78.0. The summed E-state index contributed by atoms with van der Waals surface area (Å²) in [5, 5.41) is 24.2. The van der Waals surface area contributed by atoms with Crippen molar-refractivity contribution in [3.05, 3.63) is 175 Å². The maximum absolute atomic E-state index is 7.17. The fourth-order valence-electron chi connectivity index (χ4n) is 19.3. The van der Waals surface area contributed by atoms with Gasteiger partial charge in [-0.15, -0.1) is 0 Å². The maximum atomic E-state index is 7.17. The van der Waals surface area contributed by atoms with E-state index in [1.807, 2.05) is 0 Å². The molecule has 0 saturated carbocycles. The molecular weight excluding hydrogens is 1540 g/mol. The molecule has 0 fully saturated rings. The quantitative estimate of drug-likeness (QED) is 0.0215. The molecule has 0 aliphatic heterocycles. The molecule has 0 aromatic heterocycles. The van der Waals surface area contributed by atoms with Crippen LogP contribution in [0.2, 0.25) is 0 Å². The average Bonchev–Trinajstić information content (AvgIpc) is 0.726. The lowest BCUT2D eigenvalue weighted by Crippen LogP contribution is -2.09. The van der Waals surface area contributed by atoms with Crippen molar-refractivity contribution in [1.29, 1.82) is 0 Å². The van der Waals surface area contributed by atoms with Crippen molar-refractivity contribution in [3.63, 3.8) is 0 Å². The standard InChI is InChI=1S/C120H144O6/c1-7-13-19-25-31-37-43-55-85-121-115-103-73-67-91-61-49-50-63-93-69-75-105-111-99(93)81-82-101-95(71-77-107(113(101)111)119(125-89-59-47-41-35-29-23-17-11-5)117(105)123-87-57-45-39-33-27-21-15-9-3)65-53-54-66-96-72-78-108-114-102(96)84-83-100-94(64-52-51-62-92-68-74-104(110-98(92)80-79-97(91)109(103)110)116(115)122-86-56-44-38-32-26-20-14-8-2)70-76-106(112(100)114)118(124-88-58-46-40-34-28-22-16-10-4)120(108)126-90-60-48-42-36-30-24-18-12-6/h67-84H,7-48,55-60,85-90H2,1-6H3. The molecule has 13 rings (SSSR count). The Morgan fingerprint density at radius 3 is 0.397 bits per heavy atom. The first-order valence-electron chi connectivity index (χ1n) is 50.6. The minimum Gasteiger partial charge on any atom is -0.489 e. The zero-order chi connectivity index (χ0) is 87.0. The van der Waals surface area contributed by atoms with E-state index in [1.54, 1.807) is 0 Å². The highest BCUT2D eigenvalue weighted by Gasteiger charge is 2.26. The fourth-order valence-corrected chi connectivity index (χ4v) is 19.3. The van der Waals surface area contributed by atoms with Gasteiger partial charge in [0.2, 0.25) is 0 Å². The Morgan fingerprint density at radius 1 is 0.143 bits per heavy atom. The molecule has 0 N–H and O–H groups in total. The van der Waals surface area contributed by atoms with Crippen LogP contribution < -0.4 is 59.7 Å². The minimum absolute atomic E-state index is 0.603. The van der Waals surface area contributed by atoms with E-state index in [2.05, 4.69) is 220 Å². The van der Waals surface area contributed by atoms with E-state index in [0.29, 0.717) is 39.6 Å². The smallest absolute Gasteiger partial charge is 0.169 e. The summed E-state index contributed by atoms with van der Waals surface area (Å²) in [4.78, 5) is 0. The second kappa shape index (κ2) is 51.7. The SMILES string of the molecule is CCCCCCCCCCOc1c(OCCCCCCCCCC)c2ccc3c4ccc5c(ccc1c5c24)=C=C=C=C=c1ccc2c(OCCCCCCCCCC)c(OCCCCCCCCCC)c4ccc(c5ccc1c2c45)=C=C=C=C=c1ccc2c(OCCCCCCCCCC)c(OCCCCCCCCCC)c4ccc(c5ccc1c2c45)=C=C=C=C=3. The van der Waals surface area contributed by atoms with Gasteiger partial charge in [0, 0.05) is 95.9 Å². The van der Waals surface area contributed by atoms with E-state index in [0.717, 1.165) is 240 Å². The number of hydrogen-bond acceptors (Lipinski definition) is 6. The average molecular weight is 1680 g/mol. The second-order valence-electron chi connectivity index (χ2n) is 36.1. The summed E-state index contributed by atoms with van der Waals surface area (Å²) in [6.07, 6.45) is 58.5. The number of hydrogen-bond donors (Lipinski definition) is 0. The molecule has 1 aliphatic rings. The largest absolute Gasteiger partial charge is 0.489 e. The number of fused-ring (bicyclic) bond motifs is 3. The molecule has 0 spiro atoms. The molecule has 126 heavy (non-hydrogen) atoms.